The Morgan fingerprint density at radius 2 is 2.07 bits per heavy atom. The summed E-state index contributed by atoms with van der Waals surface area (Å²) >= 11 is 0. The Bertz CT molecular complexity index is 834. The molecular weight excluding hydrogens is 488 g/mol. The number of halogens is 2. The smallest absolute Gasteiger partial charge is 0.284 e. The van der Waals surface area contributed by atoms with Gasteiger partial charge in [0.1, 0.15) is 18.1 Å². The van der Waals surface area contributed by atoms with Crippen LogP contribution in [0.2, 0.25) is 0 Å². The van der Waals surface area contributed by atoms with Gasteiger partial charge in [-0.25, -0.2) is 9.38 Å². The number of carbonyl (C=O) groups excluding carboxylic acids is 1. The van der Waals surface area contributed by atoms with Gasteiger partial charge in [-0.3, -0.25) is 4.79 Å². The first-order valence-corrected chi connectivity index (χ1v) is 9.49. The fraction of sp³-hybridized carbons (Fsp3) is 0.400. The molecule has 0 unspecified atom stereocenters. The molecule has 1 saturated heterocycles. The molecule has 1 amide bonds. The van der Waals surface area contributed by atoms with Gasteiger partial charge in [-0.2, -0.15) is 0 Å². The normalized spacial score (nSPS) is 15.0. The van der Waals surface area contributed by atoms with Gasteiger partial charge in [0.05, 0.1) is 0 Å². The number of guanidine groups is 1. The van der Waals surface area contributed by atoms with E-state index >= 15 is 0 Å². The van der Waals surface area contributed by atoms with E-state index in [1.165, 1.54) is 6.07 Å². The van der Waals surface area contributed by atoms with E-state index in [0.717, 1.165) is 38.2 Å². The number of anilines is 1. The van der Waals surface area contributed by atoms with E-state index in [2.05, 4.69) is 20.5 Å². The second kappa shape index (κ2) is 11.0. The summed E-state index contributed by atoms with van der Waals surface area (Å²) in [6.07, 6.45) is 1.85. The molecule has 1 aromatic carbocycles. The zero-order chi connectivity index (χ0) is 19.9. The van der Waals surface area contributed by atoms with Crippen LogP contribution in [0.1, 0.15) is 36.1 Å². The Morgan fingerprint density at radius 3 is 2.69 bits per heavy atom. The highest BCUT2D eigenvalue weighted by Crippen LogP contribution is 2.20. The van der Waals surface area contributed by atoms with E-state index in [4.69, 9.17) is 10.2 Å². The van der Waals surface area contributed by atoms with Gasteiger partial charge < -0.3 is 25.7 Å². The molecule has 2 heterocycles. The number of primary amides is 1. The van der Waals surface area contributed by atoms with E-state index in [0.29, 0.717) is 18.3 Å². The Balaban J connectivity index is 0.00000300. The summed E-state index contributed by atoms with van der Waals surface area (Å²) in [5, 5.41) is 6.67. The number of piperidine rings is 1. The van der Waals surface area contributed by atoms with Crippen molar-refractivity contribution < 1.29 is 13.6 Å². The molecule has 0 radical (unpaired) electrons. The van der Waals surface area contributed by atoms with Gasteiger partial charge in [0.15, 0.2) is 11.7 Å². The standard InChI is InChI=1S/C20H26FN5O2.HI/c1-2-23-20(24-13-17-6-7-18(28-17)19(22)27)25-15-8-10-26(11-9-15)16-5-3-4-14(21)12-16;/h3-7,12,15H,2,8-11,13H2,1H3,(H2,22,27)(H2,23,24,25);1H. The molecule has 0 spiro atoms. The van der Waals surface area contributed by atoms with Gasteiger partial charge in [0.2, 0.25) is 0 Å². The first-order chi connectivity index (χ1) is 13.5. The number of hydrogen-bond acceptors (Lipinski definition) is 4. The van der Waals surface area contributed by atoms with Crippen molar-refractivity contribution in [1.82, 2.24) is 10.6 Å². The quantitative estimate of drug-likeness (QED) is 0.313. The molecule has 158 valence electrons. The molecule has 1 aliphatic heterocycles. The maximum absolute atomic E-state index is 13.4. The SMILES string of the molecule is CCNC(=NCc1ccc(C(N)=O)o1)NC1CCN(c2cccc(F)c2)CC1.I. The molecule has 3 rings (SSSR count). The molecule has 1 aliphatic rings. The van der Waals surface area contributed by atoms with Crippen LogP contribution < -0.4 is 21.3 Å². The summed E-state index contributed by atoms with van der Waals surface area (Å²) in [6.45, 7) is 4.74. The van der Waals surface area contributed by atoms with Crippen LogP contribution in [0.25, 0.3) is 0 Å². The third-order valence-electron chi connectivity index (χ3n) is 4.65. The minimum Gasteiger partial charge on any atom is -0.454 e. The van der Waals surface area contributed by atoms with Gasteiger partial charge in [-0.15, -0.1) is 24.0 Å². The topological polar surface area (TPSA) is 95.9 Å². The molecule has 9 heteroatoms. The van der Waals surface area contributed by atoms with Crippen LogP contribution in [0.5, 0.6) is 0 Å². The Hall–Kier alpha value is -2.30. The van der Waals surface area contributed by atoms with Crippen molar-refractivity contribution in [3.8, 4) is 0 Å². The lowest BCUT2D eigenvalue weighted by Crippen LogP contribution is -2.48. The van der Waals surface area contributed by atoms with E-state index in [-0.39, 0.29) is 41.6 Å². The van der Waals surface area contributed by atoms with Gasteiger partial charge in [-0.1, -0.05) is 6.07 Å². The van der Waals surface area contributed by atoms with Crippen molar-refractivity contribution in [2.45, 2.75) is 32.4 Å². The number of furan rings is 1. The number of nitrogens with one attached hydrogen (secondary N) is 2. The minimum atomic E-state index is -0.592. The first-order valence-electron chi connectivity index (χ1n) is 9.49. The average Bonchev–Trinajstić information content (AvgIpc) is 3.16. The van der Waals surface area contributed by atoms with Crippen LogP contribution in [0, 0.1) is 5.82 Å². The lowest BCUT2D eigenvalue weighted by atomic mass is 10.0. The number of hydrogen-bond donors (Lipinski definition) is 3. The van der Waals surface area contributed by atoms with E-state index in [1.54, 1.807) is 24.3 Å². The molecule has 0 aliphatic carbocycles. The third kappa shape index (κ3) is 6.62. The number of amides is 1. The highest BCUT2D eigenvalue weighted by Gasteiger charge is 2.20. The zero-order valence-corrected chi connectivity index (χ0v) is 18.7. The molecule has 29 heavy (non-hydrogen) atoms. The van der Waals surface area contributed by atoms with Crippen molar-refractivity contribution in [3.63, 3.8) is 0 Å². The Kier molecular flexibility index (Phi) is 8.74. The van der Waals surface area contributed by atoms with E-state index in [9.17, 15) is 9.18 Å². The molecule has 2 aromatic rings. The molecule has 0 saturated carbocycles. The minimum absolute atomic E-state index is 0. The number of aliphatic imine (C=N–C) groups is 1. The molecular formula is C20H27FIN5O2. The second-order valence-electron chi connectivity index (χ2n) is 6.71. The summed E-state index contributed by atoms with van der Waals surface area (Å²) in [5.41, 5.74) is 6.12. The van der Waals surface area contributed by atoms with Crippen LogP contribution in [0.15, 0.2) is 45.8 Å². The van der Waals surface area contributed by atoms with Gasteiger partial charge in [-0.05, 0) is 50.1 Å². The summed E-state index contributed by atoms with van der Waals surface area (Å²) in [4.78, 5) is 17.8. The fourth-order valence-electron chi connectivity index (χ4n) is 3.22. The Morgan fingerprint density at radius 1 is 1.31 bits per heavy atom. The fourth-order valence-corrected chi connectivity index (χ4v) is 3.22. The highest BCUT2D eigenvalue weighted by molar-refractivity contribution is 14.0. The highest BCUT2D eigenvalue weighted by atomic mass is 127. The van der Waals surface area contributed by atoms with Crippen molar-refractivity contribution in [2.24, 2.45) is 10.7 Å². The average molecular weight is 515 g/mol. The number of carbonyl (C=O) groups is 1. The molecule has 4 N–H and O–H groups in total. The summed E-state index contributed by atoms with van der Waals surface area (Å²) in [7, 11) is 0. The van der Waals surface area contributed by atoms with Crippen LogP contribution in [0.3, 0.4) is 0 Å². The van der Waals surface area contributed by atoms with Crippen molar-refractivity contribution >= 4 is 41.5 Å². The van der Waals surface area contributed by atoms with Gasteiger partial charge in [0, 0.05) is 31.4 Å². The number of benzene rings is 1. The lowest BCUT2D eigenvalue weighted by molar-refractivity contribution is 0.0972. The molecule has 1 fully saturated rings. The monoisotopic (exact) mass is 515 g/mol. The molecule has 7 nitrogen and oxygen atoms in total. The summed E-state index contributed by atoms with van der Waals surface area (Å²) in [6, 6.07) is 10.2. The second-order valence-corrected chi connectivity index (χ2v) is 6.71. The summed E-state index contributed by atoms with van der Waals surface area (Å²) in [5.74, 6) is 0.602. The number of rotatable bonds is 6. The lowest BCUT2D eigenvalue weighted by Gasteiger charge is -2.34. The van der Waals surface area contributed by atoms with Gasteiger partial charge in [0.25, 0.3) is 5.91 Å². The van der Waals surface area contributed by atoms with E-state index in [1.807, 2.05) is 13.0 Å². The molecule has 1 aromatic heterocycles. The van der Waals surface area contributed by atoms with Crippen LogP contribution in [0.4, 0.5) is 10.1 Å². The zero-order valence-electron chi connectivity index (χ0n) is 16.4. The van der Waals surface area contributed by atoms with E-state index < -0.39 is 5.91 Å². The van der Waals surface area contributed by atoms with Crippen molar-refractivity contribution in [3.05, 3.63) is 53.7 Å². The maximum Gasteiger partial charge on any atom is 0.284 e. The largest absolute Gasteiger partial charge is 0.454 e. The van der Waals surface area contributed by atoms with Crippen molar-refractivity contribution in [1.29, 1.82) is 0 Å². The summed E-state index contributed by atoms with van der Waals surface area (Å²) < 4.78 is 18.8. The predicted molar refractivity (Wildman–Crippen MR) is 122 cm³/mol. The van der Waals surface area contributed by atoms with Gasteiger partial charge >= 0.3 is 0 Å². The molecule has 0 atom stereocenters. The van der Waals surface area contributed by atoms with Crippen LogP contribution >= 0.6 is 24.0 Å². The number of nitrogens with zero attached hydrogens (tertiary/aromatic N) is 2. The van der Waals surface area contributed by atoms with Crippen LogP contribution in [-0.4, -0.2) is 37.5 Å². The Labute approximate surface area is 186 Å². The number of nitrogens with two attached hydrogens (primary N) is 1. The first kappa shape index (κ1) is 23.0. The van der Waals surface area contributed by atoms with Crippen molar-refractivity contribution in [2.75, 3.05) is 24.5 Å². The maximum atomic E-state index is 13.4. The molecule has 0 bridgehead atoms. The van der Waals surface area contributed by atoms with Crippen LogP contribution in [-0.2, 0) is 6.54 Å². The third-order valence-corrected chi connectivity index (χ3v) is 4.65. The predicted octanol–water partition coefficient (Wildman–Crippen LogP) is 2.86.